The van der Waals surface area contributed by atoms with Crippen molar-refractivity contribution in [3.05, 3.63) is 53.5 Å². The largest absolute Gasteiger partial charge is 0.367 e. The van der Waals surface area contributed by atoms with Crippen molar-refractivity contribution < 1.29 is 4.79 Å². The van der Waals surface area contributed by atoms with Crippen LogP contribution in [0.25, 0.3) is 0 Å². The van der Waals surface area contributed by atoms with Gasteiger partial charge in [-0.15, -0.1) is 0 Å². The van der Waals surface area contributed by atoms with Gasteiger partial charge < -0.3 is 10.6 Å². The third-order valence-corrected chi connectivity index (χ3v) is 4.64. The maximum atomic E-state index is 12.6. The van der Waals surface area contributed by atoms with Crippen molar-refractivity contribution in [2.75, 3.05) is 11.9 Å². The Morgan fingerprint density at radius 2 is 1.92 bits per heavy atom. The first-order chi connectivity index (χ1) is 12.2. The molecule has 25 heavy (non-hydrogen) atoms. The maximum Gasteiger partial charge on any atom is 0.256 e. The first-order valence-corrected chi connectivity index (χ1v) is 9.14. The third-order valence-electron chi connectivity index (χ3n) is 4.64. The first-order valence-electron chi connectivity index (χ1n) is 9.14. The maximum absolute atomic E-state index is 12.6. The van der Waals surface area contributed by atoms with Gasteiger partial charge in [0.2, 0.25) is 0 Å². The summed E-state index contributed by atoms with van der Waals surface area (Å²) < 4.78 is 0. The van der Waals surface area contributed by atoms with Gasteiger partial charge in [0.15, 0.2) is 0 Å². The molecule has 0 bridgehead atoms. The number of carbonyl (C=O) groups excluding carboxylic acids is 1. The third kappa shape index (κ3) is 5.02. The molecule has 132 valence electrons. The van der Waals surface area contributed by atoms with E-state index in [1.54, 1.807) is 6.20 Å². The highest BCUT2D eigenvalue weighted by Crippen LogP contribution is 2.22. The van der Waals surface area contributed by atoms with Crippen molar-refractivity contribution in [1.29, 1.82) is 0 Å². The molecule has 1 aliphatic carbocycles. The Kier molecular flexibility index (Phi) is 5.99. The van der Waals surface area contributed by atoms with Crippen molar-refractivity contribution in [3.8, 4) is 0 Å². The molecule has 1 fully saturated rings. The summed E-state index contributed by atoms with van der Waals surface area (Å²) in [5.74, 6) is 1.23. The molecule has 5 nitrogen and oxygen atoms in total. The second-order valence-electron chi connectivity index (χ2n) is 6.65. The van der Waals surface area contributed by atoms with E-state index in [0.29, 0.717) is 29.8 Å². The number of aryl methyl sites for hydroxylation is 1. The van der Waals surface area contributed by atoms with E-state index < -0.39 is 0 Å². The molecule has 0 unspecified atom stereocenters. The molecule has 5 heteroatoms. The van der Waals surface area contributed by atoms with Gasteiger partial charge in [0.1, 0.15) is 17.2 Å². The Hall–Kier alpha value is -2.43. The minimum atomic E-state index is -0.116. The van der Waals surface area contributed by atoms with E-state index in [-0.39, 0.29) is 5.91 Å². The number of aromatic nitrogens is 2. The molecule has 1 aromatic heterocycles. The lowest BCUT2D eigenvalue weighted by Crippen LogP contribution is -2.29. The van der Waals surface area contributed by atoms with E-state index in [9.17, 15) is 4.79 Å². The summed E-state index contributed by atoms with van der Waals surface area (Å²) in [6.45, 7) is 2.45. The van der Waals surface area contributed by atoms with Crippen LogP contribution in [0.5, 0.6) is 0 Å². The minimum absolute atomic E-state index is 0.116. The van der Waals surface area contributed by atoms with Gasteiger partial charge >= 0.3 is 0 Å². The molecule has 0 aliphatic heterocycles. The first kappa shape index (κ1) is 17.4. The molecular formula is C20H26N4O. The average Bonchev–Trinajstić information content (AvgIpc) is 2.63. The zero-order valence-electron chi connectivity index (χ0n) is 14.8. The normalized spacial score (nSPS) is 14.9. The molecule has 3 rings (SSSR count). The average molecular weight is 338 g/mol. The van der Waals surface area contributed by atoms with E-state index in [1.807, 2.05) is 25.1 Å². The second kappa shape index (κ2) is 8.60. The van der Waals surface area contributed by atoms with Crippen LogP contribution in [-0.4, -0.2) is 28.5 Å². The highest BCUT2D eigenvalue weighted by Gasteiger charge is 2.19. The van der Waals surface area contributed by atoms with Crippen LogP contribution in [0.4, 0.5) is 5.82 Å². The van der Waals surface area contributed by atoms with E-state index >= 15 is 0 Å². The molecule has 1 aromatic carbocycles. The van der Waals surface area contributed by atoms with Gasteiger partial charge in [0.25, 0.3) is 5.91 Å². The molecule has 0 atom stereocenters. The molecule has 2 aromatic rings. The summed E-state index contributed by atoms with van der Waals surface area (Å²) >= 11 is 0. The van der Waals surface area contributed by atoms with Crippen molar-refractivity contribution in [1.82, 2.24) is 15.3 Å². The fourth-order valence-corrected chi connectivity index (χ4v) is 3.25. The van der Waals surface area contributed by atoms with E-state index in [1.165, 1.54) is 24.8 Å². The molecule has 1 aliphatic rings. The molecular weight excluding hydrogens is 312 g/mol. The highest BCUT2D eigenvalue weighted by atomic mass is 16.1. The second-order valence-corrected chi connectivity index (χ2v) is 6.65. The lowest BCUT2D eigenvalue weighted by Gasteiger charge is -2.24. The van der Waals surface area contributed by atoms with Crippen LogP contribution >= 0.6 is 0 Å². The van der Waals surface area contributed by atoms with Crippen LogP contribution in [0.1, 0.15) is 53.8 Å². The number of hydrogen-bond acceptors (Lipinski definition) is 4. The number of carbonyl (C=O) groups is 1. The van der Waals surface area contributed by atoms with Crippen LogP contribution in [0, 0.1) is 6.92 Å². The Balaban J connectivity index is 1.62. The predicted octanol–water partition coefficient (Wildman–Crippen LogP) is 3.50. The standard InChI is InChI=1S/C20H26N4O/c1-15-22-14-18(19(23-15)24-17-10-6-3-7-11-17)20(25)21-13-12-16-8-4-2-5-9-16/h2,4-5,8-9,14,17H,3,6-7,10-13H2,1H3,(H,21,25)(H,22,23,24). The molecule has 1 amide bonds. The van der Waals surface area contributed by atoms with Gasteiger partial charge in [-0.3, -0.25) is 4.79 Å². The zero-order valence-corrected chi connectivity index (χ0v) is 14.8. The van der Waals surface area contributed by atoms with E-state index in [4.69, 9.17) is 0 Å². The van der Waals surface area contributed by atoms with E-state index in [2.05, 4.69) is 32.7 Å². The molecule has 0 radical (unpaired) electrons. The number of benzene rings is 1. The van der Waals surface area contributed by atoms with Gasteiger partial charge in [0.05, 0.1) is 0 Å². The number of amides is 1. The smallest absolute Gasteiger partial charge is 0.256 e. The number of nitrogens with zero attached hydrogens (tertiary/aromatic N) is 2. The fourth-order valence-electron chi connectivity index (χ4n) is 3.25. The topological polar surface area (TPSA) is 66.9 Å². The van der Waals surface area contributed by atoms with Gasteiger partial charge in [0, 0.05) is 18.8 Å². The van der Waals surface area contributed by atoms with Crippen LogP contribution < -0.4 is 10.6 Å². The lowest BCUT2D eigenvalue weighted by atomic mass is 9.95. The van der Waals surface area contributed by atoms with Crippen molar-refractivity contribution in [3.63, 3.8) is 0 Å². The molecule has 0 spiro atoms. The number of hydrogen-bond donors (Lipinski definition) is 2. The Morgan fingerprint density at radius 1 is 1.16 bits per heavy atom. The van der Waals surface area contributed by atoms with Gasteiger partial charge in [-0.1, -0.05) is 49.6 Å². The summed E-state index contributed by atoms with van der Waals surface area (Å²) in [6.07, 6.45) is 8.49. The van der Waals surface area contributed by atoms with Gasteiger partial charge in [-0.25, -0.2) is 9.97 Å². The van der Waals surface area contributed by atoms with Gasteiger partial charge in [-0.2, -0.15) is 0 Å². The Morgan fingerprint density at radius 3 is 2.68 bits per heavy atom. The van der Waals surface area contributed by atoms with Crippen molar-refractivity contribution in [2.45, 2.75) is 51.5 Å². The number of rotatable bonds is 6. The zero-order chi connectivity index (χ0) is 17.5. The SMILES string of the molecule is Cc1ncc(C(=O)NCCc2ccccc2)c(NC2CCCCC2)n1. The van der Waals surface area contributed by atoms with Crippen molar-refractivity contribution >= 4 is 11.7 Å². The van der Waals surface area contributed by atoms with Crippen LogP contribution in [0.15, 0.2) is 36.5 Å². The molecule has 2 N–H and O–H groups in total. The fraction of sp³-hybridized carbons (Fsp3) is 0.450. The Labute approximate surface area is 149 Å². The summed E-state index contributed by atoms with van der Waals surface area (Å²) in [7, 11) is 0. The molecule has 1 heterocycles. The monoisotopic (exact) mass is 338 g/mol. The molecule has 1 saturated carbocycles. The lowest BCUT2D eigenvalue weighted by molar-refractivity contribution is 0.0954. The highest BCUT2D eigenvalue weighted by molar-refractivity contribution is 5.98. The Bertz CT molecular complexity index is 696. The van der Waals surface area contributed by atoms with Gasteiger partial charge in [-0.05, 0) is 31.7 Å². The summed E-state index contributed by atoms with van der Waals surface area (Å²) in [5.41, 5.74) is 1.74. The summed E-state index contributed by atoms with van der Waals surface area (Å²) in [5, 5.41) is 6.45. The molecule has 0 saturated heterocycles. The van der Waals surface area contributed by atoms with E-state index in [0.717, 1.165) is 19.3 Å². The quantitative estimate of drug-likeness (QED) is 0.846. The summed E-state index contributed by atoms with van der Waals surface area (Å²) in [4.78, 5) is 21.3. The number of nitrogens with one attached hydrogen (secondary N) is 2. The van der Waals surface area contributed by atoms with Crippen LogP contribution in [0.3, 0.4) is 0 Å². The predicted molar refractivity (Wildman–Crippen MR) is 99.7 cm³/mol. The van der Waals surface area contributed by atoms with Crippen molar-refractivity contribution in [2.24, 2.45) is 0 Å². The van der Waals surface area contributed by atoms with Crippen LogP contribution in [0.2, 0.25) is 0 Å². The summed E-state index contributed by atoms with van der Waals surface area (Å²) in [6, 6.07) is 10.6. The minimum Gasteiger partial charge on any atom is -0.367 e. The van der Waals surface area contributed by atoms with Crippen LogP contribution in [-0.2, 0) is 6.42 Å². The number of anilines is 1.